The summed E-state index contributed by atoms with van der Waals surface area (Å²) >= 11 is 5.86. The fraction of sp³-hybridized carbons (Fsp3) is 0.400. The van der Waals surface area contributed by atoms with Crippen molar-refractivity contribution in [3.8, 4) is 0 Å². The van der Waals surface area contributed by atoms with Crippen LogP contribution in [0.3, 0.4) is 0 Å². The van der Waals surface area contributed by atoms with Gasteiger partial charge in [-0.1, -0.05) is 79.1 Å². The van der Waals surface area contributed by atoms with Crippen LogP contribution in [0.25, 0.3) is 0 Å². The summed E-state index contributed by atoms with van der Waals surface area (Å²) in [7, 11) is 0. The van der Waals surface area contributed by atoms with Gasteiger partial charge < -0.3 is 15.7 Å². The summed E-state index contributed by atoms with van der Waals surface area (Å²) in [5.41, 5.74) is 5.81. The summed E-state index contributed by atoms with van der Waals surface area (Å²) in [6.07, 6.45) is 15.1. The molecule has 0 spiro atoms. The van der Waals surface area contributed by atoms with E-state index < -0.39 is 24.5 Å². The Labute approximate surface area is 220 Å². The Bertz CT molecular complexity index is 1080. The van der Waals surface area contributed by atoms with E-state index in [1.54, 1.807) is 24.3 Å². The molecule has 0 saturated carbocycles. The van der Waals surface area contributed by atoms with Crippen molar-refractivity contribution in [3.63, 3.8) is 0 Å². The maximum Gasteiger partial charge on any atom is 0.245 e. The number of allylic oxidation sites excluding steroid dienone is 9. The van der Waals surface area contributed by atoms with E-state index in [9.17, 15) is 14.7 Å². The summed E-state index contributed by atoms with van der Waals surface area (Å²) in [6.45, 7) is 10.5. The molecule has 0 bridgehead atoms. The van der Waals surface area contributed by atoms with Gasteiger partial charge in [0.1, 0.15) is 6.04 Å². The summed E-state index contributed by atoms with van der Waals surface area (Å²) in [6, 6.07) is 6.03. The predicted molar refractivity (Wildman–Crippen MR) is 148 cm³/mol. The number of aliphatic hydroxyl groups is 1. The molecule has 0 fully saturated rings. The van der Waals surface area contributed by atoms with E-state index in [1.807, 2.05) is 32.1 Å². The minimum absolute atomic E-state index is 0.209. The third kappa shape index (κ3) is 9.63. The monoisotopic (exact) mass is 510 g/mol. The molecule has 5 nitrogen and oxygen atoms in total. The third-order valence-electron chi connectivity index (χ3n) is 6.33. The highest BCUT2D eigenvalue weighted by atomic mass is 35.5. The molecule has 0 heterocycles. The molecule has 6 heteroatoms. The van der Waals surface area contributed by atoms with E-state index in [0.29, 0.717) is 5.02 Å². The smallest absolute Gasteiger partial charge is 0.245 e. The molecule has 3 N–H and O–H groups in total. The SMILES string of the molecule is CC(C=CC1=C(C)CCCC1(C)C)=CC=CC(C)=CC(=O)N[C@@H](CO)C(=O)NCc1ccc(Cl)cc1. The van der Waals surface area contributed by atoms with Crippen LogP contribution in [0.1, 0.15) is 59.4 Å². The number of hydrogen-bond acceptors (Lipinski definition) is 3. The van der Waals surface area contributed by atoms with E-state index in [2.05, 4.69) is 43.6 Å². The molecule has 36 heavy (non-hydrogen) atoms. The molecule has 0 radical (unpaired) electrons. The zero-order valence-corrected chi connectivity index (χ0v) is 22.8. The van der Waals surface area contributed by atoms with Crippen LogP contribution in [0.5, 0.6) is 0 Å². The van der Waals surface area contributed by atoms with Crippen LogP contribution >= 0.6 is 11.6 Å². The first-order valence-corrected chi connectivity index (χ1v) is 12.7. The second kappa shape index (κ2) is 14.0. The van der Waals surface area contributed by atoms with Gasteiger partial charge in [-0.05, 0) is 74.3 Å². The molecule has 1 aliphatic carbocycles. The Balaban J connectivity index is 1.89. The molecule has 1 aromatic carbocycles. The molecule has 0 aliphatic heterocycles. The molecule has 1 aliphatic rings. The molecule has 2 amide bonds. The number of amides is 2. The highest BCUT2D eigenvalue weighted by Crippen LogP contribution is 2.40. The summed E-state index contributed by atoms with van der Waals surface area (Å²) in [5.74, 6) is -0.903. The standard InChI is InChI=1S/C30H39ClN2O3/c1-21(11-16-26-23(3)10-7-17-30(26,4)5)8-6-9-22(2)18-28(35)33-27(20-34)29(36)32-19-24-12-14-25(31)15-13-24/h6,8-9,11-16,18,27,34H,7,10,17,19-20H2,1-5H3,(H,32,36)(H,33,35)/t27-/m0/s1. The lowest BCUT2D eigenvalue weighted by Gasteiger charge is -2.32. The lowest BCUT2D eigenvalue weighted by atomic mass is 9.72. The van der Waals surface area contributed by atoms with Gasteiger partial charge in [-0.25, -0.2) is 0 Å². The summed E-state index contributed by atoms with van der Waals surface area (Å²) in [4.78, 5) is 24.7. The largest absolute Gasteiger partial charge is 0.394 e. The van der Waals surface area contributed by atoms with Crippen LogP contribution in [0.2, 0.25) is 5.02 Å². The number of carbonyl (C=O) groups excluding carboxylic acids is 2. The van der Waals surface area contributed by atoms with Gasteiger partial charge in [-0.15, -0.1) is 0 Å². The average molecular weight is 511 g/mol. The molecule has 1 aromatic rings. The van der Waals surface area contributed by atoms with E-state index in [0.717, 1.165) is 16.7 Å². The van der Waals surface area contributed by atoms with Gasteiger partial charge in [0, 0.05) is 17.6 Å². The molecular formula is C30H39ClN2O3. The summed E-state index contributed by atoms with van der Waals surface area (Å²) < 4.78 is 0. The van der Waals surface area contributed by atoms with Gasteiger partial charge in [-0.3, -0.25) is 9.59 Å². The quantitative estimate of drug-likeness (QED) is 0.268. The minimum atomic E-state index is -1.04. The first-order valence-electron chi connectivity index (χ1n) is 12.4. The zero-order valence-electron chi connectivity index (χ0n) is 22.0. The van der Waals surface area contributed by atoms with Gasteiger partial charge >= 0.3 is 0 Å². The lowest BCUT2D eigenvalue weighted by molar-refractivity contribution is -0.128. The molecule has 0 saturated heterocycles. The van der Waals surface area contributed by atoms with Crippen molar-refractivity contribution in [2.45, 2.75) is 66.5 Å². The zero-order chi connectivity index (χ0) is 26.7. The third-order valence-corrected chi connectivity index (χ3v) is 6.58. The number of carbonyl (C=O) groups is 2. The second-order valence-corrected chi connectivity index (χ2v) is 10.4. The first kappa shape index (κ1) is 29.3. The number of halogens is 1. The van der Waals surface area contributed by atoms with Crippen LogP contribution in [-0.4, -0.2) is 29.6 Å². The van der Waals surface area contributed by atoms with Gasteiger partial charge in [0.05, 0.1) is 6.61 Å². The Morgan fingerprint density at radius 2 is 1.83 bits per heavy atom. The molecule has 2 rings (SSSR count). The molecular weight excluding hydrogens is 472 g/mol. The average Bonchev–Trinajstić information content (AvgIpc) is 2.81. The van der Waals surface area contributed by atoms with Crippen LogP contribution < -0.4 is 10.6 Å². The van der Waals surface area contributed by atoms with Crippen molar-refractivity contribution in [1.29, 1.82) is 0 Å². The van der Waals surface area contributed by atoms with Crippen LogP contribution in [0.15, 0.2) is 83.0 Å². The van der Waals surface area contributed by atoms with Crippen LogP contribution in [0.4, 0.5) is 0 Å². The van der Waals surface area contributed by atoms with Crippen LogP contribution in [0, 0.1) is 5.41 Å². The highest BCUT2D eigenvalue weighted by molar-refractivity contribution is 6.30. The molecule has 0 unspecified atom stereocenters. The fourth-order valence-electron chi connectivity index (χ4n) is 4.21. The number of nitrogens with one attached hydrogen (secondary N) is 2. The fourth-order valence-corrected chi connectivity index (χ4v) is 4.34. The summed E-state index contributed by atoms with van der Waals surface area (Å²) in [5, 5.41) is 15.4. The van der Waals surface area contributed by atoms with Crippen LogP contribution in [-0.2, 0) is 16.1 Å². The van der Waals surface area contributed by atoms with E-state index in [4.69, 9.17) is 11.6 Å². The Morgan fingerprint density at radius 1 is 1.14 bits per heavy atom. The van der Waals surface area contributed by atoms with Crippen molar-refractivity contribution >= 4 is 23.4 Å². The Hall–Kier alpha value is -2.89. The highest BCUT2D eigenvalue weighted by Gasteiger charge is 2.26. The van der Waals surface area contributed by atoms with Gasteiger partial charge in [-0.2, -0.15) is 0 Å². The minimum Gasteiger partial charge on any atom is -0.394 e. The number of rotatable bonds is 10. The first-order chi connectivity index (χ1) is 17.0. The van der Waals surface area contributed by atoms with E-state index in [1.165, 1.54) is 36.5 Å². The van der Waals surface area contributed by atoms with Gasteiger partial charge in [0.15, 0.2) is 0 Å². The molecule has 1 atom stereocenters. The van der Waals surface area contributed by atoms with Crippen molar-refractivity contribution in [2.24, 2.45) is 5.41 Å². The van der Waals surface area contributed by atoms with E-state index >= 15 is 0 Å². The second-order valence-electron chi connectivity index (χ2n) is 10.0. The van der Waals surface area contributed by atoms with Gasteiger partial charge in [0.2, 0.25) is 11.8 Å². The van der Waals surface area contributed by atoms with E-state index in [-0.39, 0.29) is 12.0 Å². The van der Waals surface area contributed by atoms with Crippen molar-refractivity contribution in [1.82, 2.24) is 10.6 Å². The Kier molecular flexibility index (Phi) is 11.4. The lowest BCUT2D eigenvalue weighted by Crippen LogP contribution is -2.48. The Morgan fingerprint density at radius 3 is 2.47 bits per heavy atom. The van der Waals surface area contributed by atoms with Crippen molar-refractivity contribution in [2.75, 3.05) is 6.61 Å². The van der Waals surface area contributed by atoms with Gasteiger partial charge in [0.25, 0.3) is 0 Å². The molecule has 194 valence electrons. The molecule has 0 aromatic heterocycles. The number of aliphatic hydroxyl groups excluding tert-OH is 1. The number of benzene rings is 1. The normalized spacial score (nSPS) is 17.5. The van der Waals surface area contributed by atoms with Crippen molar-refractivity contribution < 1.29 is 14.7 Å². The van der Waals surface area contributed by atoms with Crippen molar-refractivity contribution in [3.05, 3.63) is 93.6 Å². The maximum atomic E-state index is 12.4. The topological polar surface area (TPSA) is 78.4 Å². The number of hydrogen-bond donors (Lipinski definition) is 3. The predicted octanol–water partition coefficient (Wildman–Crippen LogP) is 5.96. The maximum absolute atomic E-state index is 12.4.